The third-order valence-corrected chi connectivity index (χ3v) is 4.07. The normalized spacial score (nSPS) is 12.7. The summed E-state index contributed by atoms with van der Waals surface area (Å²) in [6, 6.07) is 14.8. The SMILES string of the molecule is CCOC(=O)C(C)N(Cc1ccccc1)C(=O)C(C)Oc1ccc(O)cc1. The standard InChI is InChI=1S/C21H25NO5/c1-4-26-21(25)15(2)22(14-17-8-6-5-7-9-17)20(24)16(3)27-19-12-10-18(23)11-13-19/h5-13,15-16,23H,4,14H2,1-3H3. The Bertz CT molecular complexity index is 745. The predicted molar refractivity (Wildman–Crippen MR) is 101 cm³/mol. The molecule has 1 N–H and O–H groups in total. The third kappa shape index (κ3) is 5.74. The third-order valence-electron chi connectivity index (χ3n) is 4.07. The lowest BCUT2D eigenvalue weighted by Crippen LogP contribution is -2.48. The number of rotatable bonds is 8. The van der Waals surface area contributed by atoms with Crippen LogP contribution in [0.2, 0.25) is 0 Å². The Morgan fingerprint density at radius 2 is 1.67 bits per heavy atom. The Morgan fingerprint density at radius 1 is 1.04 bits per heavy atom. The van der Waals surface area contributed by atoms with Crippen molar-refractivity contribution in [3.8, 4) is 11.5 Å². The highest BCUT2D eigenvalue weighted by Crippen LogP contribution is 2.19. The number of hydrogen-bond acceptors (Lipinski definition) is 5. The first kappa shape index (κ1) is 20.3. The molecular formula is C21H25NO5. The summed E-state index contributed by atoms with van der Waals surface area (Å²) in [4.78, 5) is 26.7. The number of nitrogens with zero attached hydrogens (tertiary/aromatic N) is 1. The van der Waals surface area contributed by atoms with Crippen molar-refractivity contribution in [3.05, 3.63) is 60.2 Å². The second-order valence-electron chi connectivity index (χ2n) is 6.13. The van der Waals surface area contributed by atoms with Crippen LogP contribution in [0.15, 0.2) is 54.6 Å². The van der Waals surface area contributed by atoms with Crippen LogP contribution < -0.4 is 4.74 Å². The van der Waals surface area contributed by atoms with E-state index in [9.17, 15) is 14.7 Å². The molecule has 2 unspecified atom stereocenters. The van der Waals surface area contributed by atoms with Crippen LogP contribution in [-0.4, -0.2) is 40.6 Å². The lowest BCUT2D eigenvalue weighted by Gasteiger charge is -2.30. The summed E-state index contributed by atoms with van der Waals surface area (Å²) >= 11 is 0. The van der Waals surface area contributed by atoms with Crippen LogP contribution in [0.5, 0.6) is 11.5 Å². The topological polar surface area (TPSA) is 76.1 Å². The molecule has 6 heteroatoms. The largest absolute Gasteiger partial charge is 0.508 e. The van der Waals surface area contributed by atoms with E-state index in [1.54, 1.807) is 32.9 Å². The van der Waals surface area contributed by atoms with Crippen LogP contribution in [0.4, 0.5) is 0 Å². The van der Waals surface area contributed by atoms with Gasteiger partial charge >= 0.3 is 5.97 Å². The Labute approximate surface area is 159 Å². The zero-order valence-corrected chi connectivity index (χ0v) is 15.8. The molecule has 2 aromatic carbocycles. The minimum Gasteiger partial charge on any atom is -0.508 e. The van der Waals surface area contributed by atoms with Gasteiger partial charge in [0.05, 0.1) is 6.61 Å². The number of ether oxygens (including phenoxy) is 2. The molecule has 0 saturated heterocycles. The molecule has 0 fully saturated rings. The van der Waals surface area contributed by atoms with E-state index in [2.05, 4.69) is 0 Å². The molecule has 0 radical (unpaired) electrons. The number of carbonyl (C=O) groups excluding carboxylic acids is 2. The van der Waals surface area contributed by atoms with Crippen molar-refractivity contribution in [3.63, 3.8) is 0 Å². The average Bonchev–Trinajstić information content (AvgIpc) is 2.67. The average molecular weight is 371 g/mol. The maximum atomic E-state index is 13.0. The van der Waals surface area contributed by atoms with Gasteiger partial charge in [-0.3, -0.25) is 4.79 Å². The number of carbonyl (C=O) groups is 2. The zero-order chi connectivity index (χ0) is 19.8. The number of aromatic hydroxyl groups is 1. The molecule has 1 amide bonds. The lowest BCUT2D eigenvalue weighted by molar-refractivity contribution is -0.156. The van der Waals surface area contributed by atoms with Gasteiger partial charge in [0.15, 0.2) is 6.10 Å². The van der Waals surface area contributed by atoms with E-state index < -0.39 is 18.1 Å². The summed E-state index contributed by atoms with van der Waals surface area (Å²) in [6.45, 7) is 5.51. The van der Waals surface area contributed by atoms with Crippen molar-refractivity contribution in [2.45, 2.75) is 39.5 Å². The highest BCUT2D eigenvalue weighted by Gasteiger charge is 2.31. The van der Waals surface area contributed by atoms with Crippen LogP contribution in [-0.2, 0) is 20.9 Å². The van der Waals surface area contributed by atoms with E-state index in [4.69, 9.17) is 9.47 Å². The summed E-state index contributed by atoms with van der Waals surface area (Å²) in [5.74, 6) is -0.217. The van der Waals surface area contributed by atoms with Crippen molar-refractivity contribution in [2.75, 3.05) is 6.61 Å². The second-order valence-corrected chi connectivity index (χ2v) is 6.13. The minimum absolute atomic E-state index is 0.114. The number of esters is 1. The molecule has 144 valence electrons. The monoisotopic (exact) mass is 371 g/mol. The van der Waals surface area contributed by atoms with Crippen molar-refractivity contribution >= 4 is 11.9 Å². The van der Waals surface area contributed by atoms with Gasteiger partial charge in [-0.05, 0) is 50.6 Å². The fourth-order valence-electron chi connectivity index (χ4n) is 2.59. The van der Waals surface area contributed by atoms with Gasteiger partial charge in [0.1, 0.15) is 17.5 Å². The van der Waals surface area contributed by atoms with Crippen molar-refractivity contribution in [2.24, 2.45) is 0 Å². The van der Waals surface area contributed by atoms with Crippen LogP contribution in [0.1, 0.15) is 26.3 Å². The molecule has 0 bridgehead atoms. The number of amides is 1. The summed E-state index contributed by atoms with van der Waals surface area (Å²) in [6.07, 6.45) is -0.810. The highest BCUT2D eigenvalue weighted by atomic mass is 16.5. The van der Waals surface area contributed by atoms with E-state index in [0.29, 0.717) is 5.75 Å². The zero-order valence-electron chi connectivity index (χ0n) is 15.8. The Morgan fingerprint density at radius 3 is 2.26 bits per heavy atom. The predicted octanol–water partition coefficient (Wildman–Crippen LogP) is 3.14. The summed E-state index contributed by atoms with van der Waals surface area (Å²) < 4.78 is 10.8. The molecule has 0 spiro atoms. The summed E-state index contributed by atoms with van der Waals surface area (Å²) in [7, 11) is 0. The molecule has 27 heavy (non-hydrogen) atoms. The number of phenols is 1. The molecule has 0 saturated carbocycles. The number of benzene rings is 2. The Balaban J connectivity index is 2.18. The molecule has 0 heterocycles. The molecule has 0 aliphatic carbocycles. The first-order chi connectivity index (χ1) is 12.9. The maximum absolute atomic E-state index is 13.0. The van der Waals surface area contributed by atoms with Gasteiger partial charge in [-0.25, -0.2) is 4.79 Å². The van der Waals surface area contributed by atoms with E-state index in [0.717, 1.165) is 5.56 Å². The fraction of sp³-hybridized carbons (Fsp3) is 0.333. The van der Waals surface area contributed by atoms with Gasteiger partial charge in [0.2, 0.25) is 0 Å². The molecule has 2 atom stereocenters. The minimum atomic E-state index is -0.810. The van der Waals surface area contributed by atoms with Gasteiger partial charge in [-0.1, -0.05) is 30.3 Å². The molecular weight excluding hydrogens is 346 g/mol. The molecule has 0 aliphatic rings. The van der Waals surface area contributed by atoms with Crippen LogP contribution >= 0.6 is 0 Å². The highest BCUT2D eigenvalue weighted by molar-refractivity contribution is 5.86. The molecule has 0 aliphatic heterocycles. The number of hydrogen-bond donors (Lipinski definition) is 1. The first-order valence-electron chi connectivity index (χ1n) is 8.89. The maximum Gasteiger partial charge on any atom is 0.328 e. The van der Waals surface area contributed by atoms with E-state index in [-0.39, 0.29) is 24.8 Å². The van der Waals surface area contributed by atoms with E-state index in [1.165, 1.54) is 17.0 Å². The molecule has 0 aromatic heterocycles. The van der Waals surface area contributed by atoms with Crippen molar-refractivity contribution in [1.29, 1.82) is 0 Å². The lowest BCUT2D eigenvalue weighted by atomic mass is 10.1. The second kappa shape index (κ2) is 9.62. The van der Waals surface area contributed by atoms with Crippen LogP contribution in [0.3, 0.4) is 0 Å². The molecule has 2 rings (SSSR count). The fourth-order valence-corrected chi connectivity index (χ4v) is 2.59. The Kier molecular flexibility index (Phi) is 7.23. The van der Waals surface area contributed by atoms with Crippen LogP contribution in [0, 0.1) is 0 Å². The first-order valence-corrected chi connectivity index (χ1v) is 8.89. The van der Waals surface area contributed by atoms with Gasteiger partial charge in [0.25, 0.3) is 5.91 Å². The molecule has 6 nitrogen and oxygen atoms in total. The van der Waals surface area contributed by atoms with Gasteiger partial charge in [-0.15, -0.1) is 0 Å². The number of phenolic OH excluding ortho intramolecular Hbond substituents is 1. The summed E-state index contributed by atoms with van der Waals surface area (Å²) in [5, 5.41) is 9.35. The van der Waals surface area contributed by atoms with Gasteiger partial charge in [-0.2, -0.15) is 0 Å². The van der Waals surface area contributed by atoms with Crippen molar-refractivity contribution in [1.82, 2.24) is 4.90 Å². The van der Waals surface area contributed by atoms with Crippen molar-refractivity contribution < 1.29 is 24.2 Å². The quantitative estimate of drug-likeness (QED) is 0.722. The van der Waals surface area contributed by atoms with E-state index in [1.807, 2.05) is 30.3 Å². The van der Waals surface area contributed by atoms with Gasteiger partial charge < -0.3 is 19.5 Å². The smallest absolute Gasteiger partial charge is 0.328 e. The van der Waals surface area contributed by atoms with Gasteiger partial charge in [0, 0.05) is 6.54 Å². The summed E-state index contributed by atoms with van der Waals surface area (Å²) in [5.41, 5.74) is 0.902. The van der Waals surface area contributed by atoms with E-state index >= 15 is 0 Å². The van der Waals surface area contributed by atoms with Crippen LogP contribution in [0.25, 0.3) is 0 Å². The Hall–Kier alpha value is -3.02. The molecule has 2 aromatic rings.